The third-order valence-electron chi connectivity index (χ3n) is 1.48. The molecule has 0 rings (SSSR count). The van der Waals surface area contributed by atoms with Crippen LogP contribution in [0.15, 0.2) is 0 Å². The SMILES string of the molecule is CSCCN(C)CC(C)C#N. The van der Waals surface area contributed by atoms with Crippen molar-refractivity contribution in [2.24, 2.45) is 5.92 Å². The lowest BCUT2D eigenvalue weighted by Gasteiger charge is -2.16. The van der Waals surface area contributed by atoms with E-state index in [0.717, 1.165) is 18.8 Å². The van der Waals surface area contributed by atoms with Crippen LogP contribution in [-0.2, 0) is 0 Å². The van der Waals surface area contributed by atoms with Gasteiger partial charge < -0.3 is 4.90 Å². The highest BCUT2D eigenvalue weighted by atomic mass is 32.2. The van der Waals surface area contributed by atoms with Gasteiger partial charge in [0.15, 0.2) is 0 Å². The fourth-order valence-corrected chi connectivity index (χ4v) is 1.34. The van der Waals surface area contributed by atoms with E-state index in [1.807, 2.05) is 18.7 Å². The van der Waals surface area contributed by atoms with E-state index in [1.54, 1.807) is 0 Å². The Balaban J connectivity index is 3.37. The first-order valence-corrected chi connectivity index (χ1v) is 5.17. The first-order chi connectivity index (χ1) is 5.20. The van der Waals surface area contributed by atoms with E-state index < -0.39 is 0 Å². The number of nitriles is 1. The van der Waals surface area contributed by atoms with Gasteiger partial charge in [0.05, 0.1) is 12.0 Å². The topological polar surface area (TPSA) is 27.0 Å². The Labute approximate surface area is 73.6 Å². The average Bonchev–Trinajstić information content (AvgIpc) is 2.00. The van der Waals surface area contributed by atoms with Crippen molar-refractivity contribution in [1.82, 2.24) is 4.90 Å². The molecule has 0 aromatic carbocycles. The minimum atomic E-state index is 0.154. The van der Waals surface area contributed by atoms with E-state index in [2.05, 4.69) is 24.3 Å². The summed E-state index contributed by atoms with van der Waals surface area (Å²) in [5, 5.41) is 8.53. The van der Waals surface area contributed by atoms with E-state index in [0.29, 0.717) is 0 Å². The van der Waals surface area contributed by atoms with Gasteiger partial charge in [-0.1, -0.05) is 0 Å². The van der Waals surface area contributed by atoms with Gasteiger partial charge in [0.2, 0.25) is 0 Å². The van der Waals surface area contributed by atoms with Crippen LogP contribution in [0.4, 0.5) is 0 Å². The van der Waals surface area contributed by atoms with Gasteiger partial charge >= 0.3 is 0 Å². The van der Waals surface area contributed by atoms with Crippen LogP contribution in [0, 0.1) is 17.2 Å². The normalized spacial score (nSPS) is 13.0. The molecule has 0 aromatic rings. The average molecular weight is 172 g/mol. The Hall–Kier alpha value is -0.200. The maximum atomic E-state index is 8.53. The molecule has 3 heteroatoms. The lowest BCUT2D eigenvalue weighted by atomic mass is 10.2. The van der Waals surface area contributed by atoms with E-state index in [9.17, 15) is 0 Å². The van der Waals surface area contributed by atoms with Crippen LogP contribution in [0.5, 0.6) is 0 Å². The van der Waals surface area contributed by atoms with Crippen LogP contribution < -0.4 is 0 Å². The monoisotopic (exact) mass is 172 g/mol. The van der Waals surface area contributed by atoms with E-state index >= 15 is 0 Å². The Kier molecular flexibility index (Phi) is 6.39. The Bertz CT molecular complexity index is 131. The van der Waals surface area contributed by atoms with Crippen LogP contribution >= 0.6 is 11.8 Å². The molecular weight excluding hydrogens is 156 g/mol. The molecule has 0 bridgehead atoms. The number of hydrogen-bond donors (Lipinski definition) is 0. The zero-order valence-electron chi connectivity index (χ0n) is 7.50. The minimum Gasteiger partial charge on any atom is -0.304 e. The van der Waals surface area contributed by atoms with Crippen molar-refractivity contribution in [3.8, 4) is 6.07 Å². The number of rotatable bonds is 5. The van der Waals surface area contributed by atoms with Crippen molar-refractivity contribution in [3.05, 3.63) is 0 Å². The standard InChI is InChI=1S/C8H16N2S/c1-8(6-9)7-10(2)4-5-11-3/h8H,4-5,7H2,1-3H3. The quantitative estimate of drug-likeness (QED) is 0.628. The Morgan fingerprint density at radius 1 is 1.64 bits per heavy atom. The summed E-state index contributed by atoms with van der Waals surface area (Å²) in [4.78, 5) is 2.20. The van der Waals surface area contributed by atoms with E-state index in [1.165, 1.54) is 0 Å². The van der Waals surface area contributed by atoms with Gasteiger partial charge in [-0.3, -0.25) is 0 Å². The van der Waals surface area contributed by atoms with Crippen molar-refractivity contribution >= 4 is 11.8 Å². The predicted molar refractivity (Wildman–Crippen MR) is 50.7 cm³/mol. The Morgan fingerprint density at radius 2 is 2.27 bits per heavy atom. The molecule has 0 aliphatic heterocycles. The molecular formula is C8H16N2S. The van der Waals surface area contributed by atoms with Gasteiger partial charge in [0, 0.05) is 18.8 Å². The molecule has 1 atom stereocenters. The first kappa shape index (κ1) is 10.8. The third kappa shape index (κ3) is 6.21. The van der Waals surface area contributed by atoms with E-state index in [-0.39, 0.29) is 5.92 Å². The van der Waals surface area contributed by atoms with Gasteiger partial charge in [-0.25, -0.2) is 0 Å². The maximum Gasteiger partial charge on any atom is 0.0666 e. The fraction of sp³-hybridized carbons (Fsp3) is 0.875. The van der Waals surface area contributed by atoms with Gasteiger partial charge in [0.25, 0.3) is 0 Å². The molecule has 0 fully saturated rings. The molecule has 1 unspecified atom stereocenters. The molecule has 2 nitrogen and oxygen atoms in total. The Morgan fingerprint density at radius 3 is 2.73 bits per heavy atom. The molecule has 0 aliphatic carbocycles. The summed E-state index contributed by atoms with van der Waals surface area (Å²) in [6.45, 7) is 3.92. The van der Waals surface area contributed by atoms with E-state index in [4.69, 9.17) is 5.26 Å². The largest absolute Gasteiger partial charge is 0.304 e. The summed E-state index contributed by atoms with van der Waals surface area (Å²) in [5.41, 5.74) is 0. The summed E-state index contributed by atoms with van der Waals surface area (Å²) >= 11 is 1.84. The lowest BCUT2D eigenvalue weighted by molar-refractivity contribution is 0.329. The van der Waals surface area contributed by atoms with Crippen LogP contribution in [-0.4, -0.2) is 37.0 Å². The van der Waals surface area contributed by atoms with Crippen molar-refractivity contribution in [2.75, 3.05) is 32.1 Å². The molecule has 0 amide bonds. The van der Waals surface area contributed by atoms with Crippen LogP contribution in [0.3, 0.4) is 0 Å². The van der Waals surface area contributed by atoms with Crippen molar-refractivity contribution < 1.29 is 0 Å². The molecule has 0 spiro atoms. The van der Waals surface area contributed by atoms with Crippen LogP contribution in [0.2, 0.25) is 0 Å². The second-order valence-electron chi connectivity index (χ2n) is 2.79. The van der Waals surface area contributed by atoms with Crippen LogP contribution in [0.1, 0.15) is 6.92 Å². The molecule has 0 saturated carbocycles. The lowest BCUT2D eigenvalue weighted by Crippen LogP contribution is -2.26. The molecule has 64 valence electrons. The minimum absolute atomic E-state index is 0.154. The van der Waals surface area contributed by atoms with Crippen LogP contribution in [0.25, 0.3) is 0 Å². The summed E-state index contributed by atoms with van der Waals surface area (Å²) < 4.78 is 0. The highest BCUT2D eigenvalue weighted by Crippen LogP contribution is 1.98. The number of hydrogen-bond acceptors (Lipinski definition) is 3. The zero-order valence-corrected chi connectivity index (χ0v) is 8.32. The molecule has 0 N–H and O–H groups in total. The van der Waals surface area contributed by atoms with Gasteiger partial charge in [-0.2, -0.15) is 17.0 Å². The summed E-state index contributed by atoms with van der Waals surface area (Å²) in [7, 11) is 2.06. The predicted octanol–water partition coefficient (Wildman–Crippen LogP) is 1.44. The van der Waals surface area contributed by atoms with Gasteiger partial charge in [0.1, 0.15) is 0 Å². The molecule has 0 heterocycles. The molecule has 0 saturated heterocycles. The second kappa shape index (κ2) is 6.51. The molecule has 0 radical (unpaired) electrons. The zero-order chi connectivity index (χ0) is 8.69. The van der Waals surface area contributed by atoms with Crippen molar-refractivity contribution in [2.45, 2.75) is 6.92 Å². The van der Waals surface area contributed by atoms with Crippen molar-refractivity contribution in [3.63, 3.8) is 0 Å². The first-order valence-electron chi connectivity index (χ1n) is 3.77. The highest BCUT2D eigenvalue weighted by Gasteiger charge is 2.03. The van der Waals surface area contributed by atoms with Crippen molar-refractivity contribution in [1.29, 1.82) is 5.26 Å². The van der Waals surface area contributed by atoms with Gasteiger partial charge in [-0.15, -0.1) is 0 Å². The number of thioether (sulfide) groups is 1. The second-order valence-corrected chi connectivity index (χ2v) is 3.77. The van der Waals surface area contributed by atoms with Gasteiger partial charge in [-0.05, 0) is 20.2 Å². The summed E-state index contributed by atoms with van der Waals surface area (Å²) in [6.07, 6.45) is 2.10. The summed E-state index contributed by atoms with van der Waals surface area (Å²) in [5.74, 6) is 1.30. The molecule has 0 aromatic heterocycles. The molecule has 11 heavy (non-hydrogen) atoms. The third-order valence-corrected chi connectivity index (χ3v) is 2.07. The number of nitrogens with zero attached hydrogens (tertiary/aromatic N) is 2. The highest BCUT2D eigenvalue weighted by molar-refractivity contribution is 7.98. The maximum absolute atomic E-state index is 8.53. The smallest absolute Gasteiger partial charge is 0.0666 e. The fourth-order valence-electron chi connectivity index (χ4n) is 0.847. The summed E-state index contributed by atoms with van der Waals surface area (Å²) in [6, 6.07) is 2.22. The molecule has 0 aliphatic rings.